The van der Waals surface area contributed by atoms with Crippen LogP contribution in [0.4, 0.5) is 0 Å². The van der Waals surface area contributed by atoms with Crippen molar-refractivity contribution in [1.29, 1.82) is 0 Å². The van der Waals surface area contributed by atoms with Crippen molar-refractivity contribution >= 4 is 10.0 Å². The predicted octanol–water partition coefficient (Wildman–Crippen LogP) is 2.82. The van der Waals surface area contributed by atoms with Gasteiger partial charge < -0.3 is 4.90 Å². The molecule has 23 heavy (non-hydrogen) atoms. The number of sulfonamides is 1. The molecule has 128 valence electrons. The Hall–Kier alpha value is -0.910. The molecule has 2 fully saturated rings. The minimum absolute atomic E-state index is 0.0858. The lowest BCUT2D eigenvalue weighted by molar-refractivity contribution is 0.151. The largest absolute Gasteiger partial charge is 0.300 e. The molecule has 1 saturated heterocycles. The van der Waals surface area contributed by atoms with Crippen LogP contribution in [0.5, 0.6) is 0 Å². The zero-order valence-electron chi connectivity index (χ0n) is 14.0. The van der Waals surface area contributed by atoms with Gasteiger partial charge >= 0.3 is 0 Å². The number of nitrogens with zero attached hydrogens (tertiary/aromatic N) is 1. The van der Waals surface area contributed by atoms with Crippen molar-refractivity contribution in [2.75, 3.05) is 13.1 Å². The molecule has 1 aromatic rings. The highest BCUT2D eigenvalue weighted by Crippen LogP contribution is 2.26. The van der Waals surface area contributed by atoms with Gasteiger partial charge in [-0.1, -0.05) is 37.1 Å². The maximum Gasteiger partial charge on any atom is 0.216 e. The lowest BCUT2D eigenvalue weighted by atomic mass is 10.0. The van der Waals surface area contributed by atoms with E-state index in [1.807, 2.05) is 31.2 Å². The van der Waals surface area contributed by atoms with Crippen molar-refractivity contribution in [2.45, 2.75) is 63.3 Å². The van der Waals surface area contributed by atoms with Gasteiger partial charge in [0.25, 0.3) is 0 Å². The van der Waals surface area contributed by atoms with Crippen LogP contribution in [-0.2, 0) is 15.8 Å². The van der Waals surface area contributed by atoms with Crippen LogP contribution in [0.1, 0.15) is 49.7 Å². The standard InChI is InChI=1S/C18H28N2O2S/c1-15-6-2-3-7-16(15)14-23(21,22)19-17-10-12-20(13-11-17)18-8-4-5-9-18/h2-3,6-7,17-19H,4-5,8-14H2,1H3. The highest BCUT2D eigenvalue weighted by atomic mass is 32.2. The molecule has 1 aliphatic heterocycles. The molecule has 5 heteroatoms. The topological polar surface area (TPSA) is 49.4 Å². The Labute approximate surface area is 140 Å². The Kier molecular flexibility index (Phi) is 5.39. The summed E-state index contributed by atoms with van der Waals surface area (Å²) in [5.74, 6) is 0.0858. The first-order chi connectivity index (χ1) is 11.0. The fourth-order valence-electron chi connectivity index (χ4n) is 3.92. The molecule has 2 aliphatic rings. The maximum atomic E-state index is 12.4. The van der Waals surface area contributed by atoms with E-state index in [0.717, 1.165) is 43.1 Å². The number of nitrogens with one attached hydrogen (secondary N) is 1. The smallest absolute Gasteiger partial charge is 0.216 e. The van der Waals surface area contributed by atoms with Crippen LogP contribution >= 0.6 is 0 Å². The third-order valence-corrected chi connectivity index (χ3v) is 6.71. The molecule has 0 unspecified atom stereocenters. The lowest BCUT2D eigenvalue weighted by Gasteiger charge is -2.36. The van der Waals surface area contributed by atoms with Crippen molar-refractivity contribution in [3.63, 3.8) is 0 Å². The first-order valence-corrected chi connectivity index (χ1v) is 10.5. The van der Waals surface area contributed by atoms with Crippen LogP contribution in [0, 0.1) is 6.92 Å². The quantitative estimate of drug-likeness (QED) is 0.899. The Morgan fingerprint density at radius 2 is 1.74 bits per heavy atom. The molecule has 0 spiro atoms. The zero-order valence-corrected chi connectivity index (χ0v) is 14.8. The summed E-state index contributed by atoms with van der Waals surface area (Å²) in [5.41, 5.74) is 1.93. The minimum atomic E-state index is -3.26. The second kappa shape index (κ2) is 7.32. The first kappa shape index (κ1) is 16.9. The number of benzene rings is 1. The first-order valence-electron chi connectivity index (χ1n) is 8.82. The van der Waals surface area contributed by atoms with Crippen molar-refractivity contribution in [1.82, 2.24) is 9.62 Å². The fourth-order valence-corrected chi connectivity index (χ4v) is 5.48. The summed E-state index contributed by atoms with van der Waals surface area (Å²) < 4.78 is 27.8. The summed E-state index contributed by atoms with van der Waals surface area (Å²) in [5, 5.41) is 0. The van der Waals surface area contributed by atoms with Gasteiger partial charge in [-0.2, -0.15) is 0 Å². The van der Waals surface area contributed by atoms with Gasteiger partial charge in [0.15, 0.2) is 0 Å². The van der Waals surface area contributed by atoms with E-state index in [9.17, 15) is 8.42 Å². The van der Waals surface area contributed by atoms with Crippen LogP contribution in [0.3, 0.4) is 0 Å². The molecule has 0 bridgehead atoms. The van der Waals surface area contributed by atoms with E-state index in [1.54, 1.807) is 0 Å². The third-order valence-electron chi connectivity index (χ3n) is 5.32. The number of hydrogen-bond donors (Lipinski definition) is 1. The second-order valence-corrected chi connectivity index (χ2v) is 8.81. The maximum absolute atomic E-state index is 12.4. The van der Waals surface area contributed by atoms with Gasteiger partial charge in [0.05, 0.1) is 5.75 Å². The average molecular weight is 337 g/mol. The minimum Gasteiger partial charge on any atom is -0.300 e. The predicted molar refractivity (Wildman–Crippen MR) is 93.8 cm³/mol. The molecule has 1 saturated carbocycles. The monoisotopic (exact) mass is 336 g/mol. The Morgan fingerprint density at radius 3 is 2.39 bits per heavy atom. The van der Waals surface area contributed by atoms with Crippen LogP contribution in [0.2, 0.25) is 0 Å². The Morgan fingerprint density at radius 1 is 1.09 bits per heavy atom. The Bertz CT molecular complexity index is 616. The van der Waals surface area contributed by atoms with Crippen molar-refractivity contribution in [3.05, 3.63) is 35.4 Å². The van der Waals surface area contributed by atoms with E-state index < -0.39 is 10.0 Å². The molecule has 1 N–H and O–H groups in total. The molecular formula is C18H28N2O2S. The van der Waals surface area contributed by atoms with E-state index in [-0.39, 0.29) is 11.8 Å². The molecule has 0 aromatic heterocycles. The van der Waals surface area contributed by atoms with Crippen molar-refractivity contribution < 1.29 is 8.42 Å². The fraction of sp³-hybridized carbons (Fsp3) is 0.667. The summed E-state index contributed by atoms with van der Waals surface area (Å²) in [6.45, 7) is 4.02. The van der Waals surface area contributed by atoms with Crippen LogP contribution in [0.15, 0.2) is 24.3 Å². The number of aryl methyl sites for hydroxylation is 1. The van der Waals surface area contributed by atoms with Gasteiger partial charge in [-0.05, 0) is 56.8 Å². The average Bonchev–Trinajstić information content (AvgIpc) is 3.04. The van der Waals surface area contributed by atoms with E-state index in [1.165, 1.54) is 25.7 Å². The van der Waals surface area contributed by atoms with Gasteiger partial charge in [0.2, 0.25) is 10.0 Å². The molecule has 1 heterocycles. The molecule has 1 aliphatic carbocycles. The second-order valence-electron chi connectivity index (χ2n) is 7.05. The molecule has 0 amide bonds. The van der Waals surface area contributed by atoms with Gasteiger partial charge in [0, 0.05) is 12.1 Å². The molecular weight excluding hydrogens is 308 g/mol. The van der Waals surface area contributed by atoms with E-state index in [0.29, 0.717) is 0 Å². The van der Waals surface area contributed by atoms with Crippen LogP contribution in [-0.4, -0.2) is 38.5 Å². The number of hydrogen-bond acceptors (Lipinski definition) is 3. The molecule has 0 radical (unpaired) electrons. The molecule has 0 atom stereocenters. The zero-order chi connectivity index (χ0) is 16.3. The van der Waals surface area contributed by atoms with Crippen LogP contribution in [0.25, 0.3) is 0 Å². The van der Waals surface area contributed by atoms with Gasteiger partial charge in [-0.15, -0.1) is 0 Å². The lowest BCUT2D eigenvalue weighted by Crippen LogP contribution is -2.47. The number of rotatable bonds is 5. The van der Waals surface area contributed by atoms with Crippen molar-refractivity contribution in [3.8, 4) is 0 Å². The summed E-state index contributed by atoms with van der Waals surface area (Å²) in [4.78, 5) is 2.57. The van der Waals surface area contributed by atoms with E-state index >= 15 is 0 Å². The van der Waals surface area contributed by atoms with E-state index in [2.05, 4.69) is 9.62 Å². The molecule has 4 nitrogen and oxygen atoms in total. The van der Waals surface area contributed by atoms with E-state index in [4.69, 9.17) is 0 Å². The third kappa shape index (κ3) is 4.55. The van der Waals surface area contributed by atoms with Crippen LogP contribution < -0.4 is 4.72 Å². The normalized spacial score (nSPS) is 21.8. The summed E-state index contributed by atoms with van der Waals surface area (Å²) in [6, 6.07) is 8.55. The SMILES string of the molecule is Cc1ccccc1CS(=O)(=O)NC1CCN(C2CCCC2)CC1. The molecule has 1 aromatic carbocycles. The van der Waals surface area contributed by atoms with Crippen molar-refractivity contribution in [2.24, 2.45) is 0 Å². The van der Waals surface area contributed by atoms with Gasteiger partial charge in [-0.25, -0.2) is 13.1 Å². The molecule has 3 rings (SSSR count). The summed E-state index contributed by atoms with van der Waals surface area (Å²) in [6.07, 6.45) is 7.22. The summed E-state index contributed by atoms with van der Waals surface area (Å²) in [7, 11) is -3.26. The number of piperidine rings is 1. The van der Waals surface area contributed by atoms with Gasteiger partial charge in [-0.3, -0.25) is 0 Å². The van der Waals surface area contributed by atoms with Gasteiger partial charge in [0.1, 0.15) is 0 Å². The Balaban J connectivity index is 1.52. The summed E-state index contributed by atoms with van der Waals surface area (Å²) >= 11 is 0. The highest BCUT2D eigenvalue weighted by molar-refractivity contribution is 7.88. The highest BCUT2D eigenvalue weighted by Gasteiger charge is 2.28. The number of likely N-dealkylation sites (tertiary alicyclic amines) is 1.